The van der Waals surface area contributed by atoms with E-state index in [9.17, 15) is 0 Å². The number of nitrogens with one attached hydrogen (secondary N) is 1. The average molecular weight is 290 g/mol. The molecule has 0 aromatic heterocycles. The molecular formula is C17H20ClNO. The Labute approximate surface area is 125 Å². The van der Waals surface area contributed by atoms with Crippen LogP contribution in [0.5, 0.6) is 11.5 Å². The monoisotopic (exact) mass is 289 g/mol. The first-order valence-corrected chi connectivity index (χ1v) is 7.22. The lowest BCUT2D eigenvalue weighted by molar-refractivity contribution is 0.477. The fourth-order valence-electron chi connectivity index (χ4n) is 2.08. The van der Waals surface area contributed by atoms with Crippen LogP contribution in [0.25, 0.3) is 0 Å². The minimum absolute atomic E-state index is 0.792. The zero-order valence-electron chi connectivity index (χ0n) is 12.2. The van der Waals surface area contributed by atoms with Gasteiger partial charge in [0, 0.05) is 11.6 Å². The van der Waals surface area contributed by atoms with Crippen LogP contribution in [0.3, 0.4) is 0 Å². The second kappa shape index (κ2) is 6.78. The van der Waals surface area contributed by atoms with E-state index < -0.39 is 0 Å². The van der Waals surface area contributed by atoms with Gasteiger partial charge in [0.05, 0.1) is 0 Å². The summed E-state index contributed by atoms with van der Waals surface area (Å²) in [5.74, 6) is 1.72. The van der Waals surface area contributed by atoms with Gasteiger partial charge in [-0.15, -0.1) is 0 Å². The highest BCUT2D eigenvalue weighted by molar-refractivity contribution is 6.31. The maximum absolute atomic E-state index is 6.13. The Morgan fingerprint density at radius 3 is 2.65 bits per heavy atom. The molecule has 0 fully saturated rings. The zero-order valence-corrected chi connectivity index (χ0v) is 12.9. The van der Waals surface area contributed by atoms with Gasteiger partial charge in [-0.1, -0.05) is 30.7 Å². The molecule has 0 unspecified atom stereocenters. The standard InChI is InChI=1S/C17H20ClNO/c1-4-14-10-15(7-8-16(14)18)20-17-9-13(11-19-3)6-5-12(17)2/h5-10,19H,4,11H2,1-3H3. The van der Waals surface area contributed by atoms with Crippen LogP contribution in [-0.4, -0.2) is 7.05 Å². The first-order chi connectivity index (χ1) is 9.63. The van der Waals surface area contributed by atoms with Crippen LogP contribution >= 0.6 is 11.6 Å². The van der Waals surface area contributed by atoms with Gasteiger partial charge in [-0.05, 0) is 61.3 Å². The van der Waals surface area contributed by atoms with E-state index in [4.69, 9.17) is 16.3 Å². The maximum atomic E-state index is 6.13. The first-order valence-electron chi connectivity index (χ1n) is 6.84. The van der Waals surface area contributed by atoms with Gasteiger partial charge in [-0.3, -0.25) is 0 Å². The molecule has 3 heteroatoms. The quantitative estimate of drug-likeness (QED) is 0.860. The van der Waals surface area contributed by atoms with E-state index in [1.54, 1.807) is 0 Å². The van der Waals surface area contributed by atoms with Crippen LogP contribution in [0, 0.1) is 6.92 Å². The molecule has 2 aromatic carbocycles. The molecule has 2 aromatic rings. The number of benzene rings is 2. The fourth-order valence-corrected chi connectivity index (χ4v) is 2.33. The molecule has 0 aliphatic rings. The van der Waals surface area contributed by atoms with Crippen molar-refractivity contribution >= 4 is 11.6 Å². The molecule has 0 radical (unpaired) electrons. The molecule has 2 rings (SSSR count). The number of halogens is 1. The smallest absolute Gasteiger partial charge is 0.130 e. The highest BCUT2D eigenvalue weighted by Gasteiger charge is 2.06. The van der Waals surface area contributed by atoms with E-state index in [-0.39, 0.29) is 0 Å². The molecular weight excluding hydrogens is 270 g/mol. The number of aryl methyl sites for hydroxylation is 2. The van der Waals surface area contributed by atoms with Crippen molar-refractivity contribution in [2.24, 2.45) is 0 Å². The Hall–Kier alpha value is -1.51. The Bertz CT molecular complexity index is 596. The van der Waals surface area contributed by atoms with Crippen molar-refractivity contribution in [1.82, 2.24) is 5.32 Å². The molecule has 0 aliphatic carbocycles. The molecule has 0 aliphatic heterocycles. The molecule has 0 atom stereocenters. The Balaban J connectivity index is 2.27. The van der Waals surface area contributed by atoms with Crippen molar-refractivity contribution in [2.75, 3.05) is 7.05 Å². The second-order valence-electron chi connectivity index (χ2n) is 4.84. The average Bonchev–Trinajstić information content (AvgIpc) is 2.45. The van der Waals surface area contributed by atoms with Gasteiger partial charge in [0.2, 0.25) is 0 Å². The van der Waals surface area contributed by atoms with Gasteiger partial charge in [-0.2, -0.15) is 0 Å². The number of hydrogen-bond acceptors (Lipinski definition) is 2. The summed E-state index contributed by atoms with van der Waals surface area (Å²) < 4.78 is 6.01. The maximum Gasteiger partial charge on any atom is 0.130 e. The van der Waals surface area contributed by atoms with Gasteiger partial charge in [-0.25, -0.2) is 0 Å². The predicted octanol–water partition coefficient (Wildman–Crippen LogP) is 4.72. The highest BCUT2D eigenvalue weighted by atomic mass is 35.5. The van der Waals surface area contributed by atoms with Crippen LogP contribution in [0.2, 0.25) is 5.02 Å². The number of hydrogen-bond donors (Lipinski definition) is 1. The van der Waals surface area contributed by atoms with Crippen LogP contribution in [-0.2, 0) is 13.0 Å². The summed E-state index contributed by atoms with van der Waals surface area (Å²) in [5.41, 5.74) is 3.43. The second-order valence-corrected chi connectivity index (χ2v) is 5.25. The highest BCUT2D eigenvalue weighted by Crippen LogP contribution is 2.29. The van der Waals surface area contributed by atoms with Crippen molar-refractivity contribution in [3.8, 4) is 11.5 Å². The molecule has 0 bridgehead atoms. The van der Waals surface area contributed by atoms with Crippen molar-refractivity contribution in [2.45, 2.75) is 26.8 Å². The first kappa shape index (κ1) is 14.9. The summed E-state index contributed by atoms with van der Waals surface area (Å²) in [4.78, 5) is 0. The minimum atomic E-state index is 0.792. The van der Waals surface area contributed by atoms with Gasteiger partial charge in [0.1, 0.15) is 11.5 Å². The van der Waals surface area contributed by atoms with E-state index in [0.29, 0.717) is 0 Å². The summed E-state index contributed by atoms with van der Waals surface area (Å²) in [7, 11) is 1.94. The van der Waals surface area contributed by atoms with E-state index in [2.05, 4.69) is 37.4 Å². The Kier molecular flexibility index (Phi) is 5.05. The van der Waals surface area contributed by atoms with Crippen molar-refractivity contribution < 1.29 is 4.74 Å². The zero-order chi connectivity index (χ0) is 14.5. The van der Waals surface area contributed by atoms with Gasteiger partial charge in [0.15, 0.2) is 0 Å². The molecule has 20 heavy (non-hydrogen) atoms. The topological polar surface area (TPSA) is 21.3 Å². The molecule has 0 amide bonds. The van der Waals surface area contributed by atoms with Crippen LogP contribution in [0.1, 0.15) is 23.6 Å². The van der Waals surface area contributed by atoms with Crippen LogP contribution in [0.15, 0.2) is 36.4 Å². The van der Waals surface area contributed by atoms with E-state index in [0.717, 1.165) is 40.6 Å². The van der Waals surface area contributed by atoms with Gasteiger partial charge in [0.25, 0.3) is 0 Å². The van der Waals surface area contributed by atoms with Crippen molar-refractivity contribution in [3.05, 3.63) is 58.1 Å². The molecule has 0 saturated heterocycles. The molecule has 0 heterocycles. The van der Waals surface area contributed by atoms with Crippen LogP contribution < -0.4 is 10.1 Å². The molecule has 2 nitrogen and oxygen atoms in total. The summed E-state index contributed by atoms with van der Waals surface area (Å²) in [6.45, 7) is 4.97. The van der Waals surface area contributed by atoms with E-state index in [1.807, 2.05) is 25.2 Å². The summed E-state index contributed by atoms with van der Waals surface area (Å²) in [6.07, 6.45) is 0.898. The van der Waals surface area contributed by atoms with Crippen molar-refractivity contribution in [3.63, 3.8) is 0 Å². The molecule has 0 saturated carbocycles. The minimum Gasteiger partial charge on any atom is -0.457 e. The van der Waals surface area contributed by atoms with Gasteiger partial charge < -0.3 is 10.1 Å². The lowest BCUT2D eigenvalue weighted by Crippen LogP contribution is -2.05. The number of rotatable bonds is 5. The Morgan fingerprint density at radius 1 is 1.15 bits per heavy atom. The summed E-state index contributed by atoms with van der Waals surface area (Å²) in [6, 6.07) is 12.1. The third kappa shape index (κ3) is 3.53. The van der Waals surface area contributed by atoms with E-state index in [1.165, 1.54) is 5.56 Å². The fraction of sp³-hybridized carbons (Fsp3) is 0.294. The van der Waals surface area contributed by atoms with Gasteiger partial charge >= 0.3 is 0 Å². The third-order valence-corrected chi connectivity index (χ3v) is 3.63. The lowest BCUT2D eigenvalue weighted by atomic mass is 10.1. The molecule has 1 N–H and O–H groups in total. The van der Waals surface area contributed by atoms with Crippen LogP contribution in [0.4, 0.5) is 0 Å². The number of ether oxygens (including phenoxy) is 1. The summed E-state index contributed by atoms with van der Waals surface area (Å²) >= 11 is 6.13. The SMILES string of the molecule is CCc1cc(Oc2cc(CNC)ccc2C)ccc1Cl. The predicted molar refractivity (Wildman–Crippen MR) is 84.8 cm³/mol. The van der Waals surface area contributed by atoms with E-state index >= 15 is 0 Å². The molecule has 106 valence electrons. The normalized spacial score (nSPS) is 10.6. The lowest BCUT2D eigenvalue weighted by Gasteiger charge is -2.12. The largest absolute Gasteiger partial charge is 0.457 e. The Morgan fingerprint density at radius 2 is 1.95 bits per heavy atom. The third-order valence-electron chi connectivity index (χ3n) is 3.26. The molecule has 0 spiro atoms. The van der Waals surface area contributed by atoms with Crippen molar-refractivity contribution in [1.29, 1.82) is 0 Å². The summed E-state index contributed by atoms with van der Waals surface area (Å²) in [5, 5.41) is 3.94.